The molecule has 3 rings (SSSR count). The number of carboxylic acids is 1. The van der Waals surface area contributed by atoms with Gasteiger partial charge in [0, 0.05) is 24.4 Å². The van der Waals surface area contributed by atoms with Crippen molar-refractivity contribution in [1.29, 1.82) is 0 Å². The second-order valence-corrected chi connectivity index (χ2v) is 6.91. The van der Waals surface area contributed by atoms with Crippen molar-refractivity contribution >= 4 is 23.5 Å². The number of ether oxygens (including phenoxy) is 1. The van der Waals surface area contributed by atoms with Gasteiger partial charge < -0.3 is 20.5 Å². The monoisotopic (exact) mass is 372 g/mol. The van der Waals surface area contributed by atoms with E-state index in [4.69, 9.17) is 4.74 Å². The number of nitrogens with one attached hydrogen (secondary N) is 2. The Labute approximate surface area is 157 Å². The van der Waals surface area contributed by atoms with Gasteiger partial charge in [0.1, 0.15) is 0 Å². The van der Waals surface area contributed by atoms with Crippen LogP contribution in [0.3, 0.4) is 0 Å². The van der Waals surface area contributed by atoms with Gasteiger partial charge in [-0.3, -0.25) is 14.4 Å². The van der Waals surface area contributed by atoms with E-state index in [0.29, 0.717) is 30.6 Å². The zero-order valence-corrected chi connectivity index (χ0v) is 15.0. The lowest BCUT2D eigenvalue weighted by Gasteiger charge is -2.24. The van der Waals surface area contributed by atoms with Crippen LogP contribution in [0, 0.1) is 11.8 Å². The third kappa shape index (κ3) is 4.95. The zero-order valence-electron chi connectivity index (χ0n) is 15.0. The van der Waals surface area contributed by atoms with E-state index in [9.17, 15) is 19.5 Å². The molecule has 0 bridgehead atoms. The maximum absolute atomic E-state index is 12.4. The van der Waals surface area contributed by atoms with Gasteiger partial charge in [0.15, 0.2) is 0 Å². The van der Waals surface area contributed by atoms with E-state index >= 15 is 0 Å². The molecular weight excluding hydrogens is 348 g/mol. The van der Waals surface area contributed by atoms with Crippen LogP contribution in [0.4, 0.5) is 5.69 Å². The van der Waals surface area contributed by atoms with Crippen LogP contribution in [0.25, 0.3) is 0 Å². The molecule has 2 aliphatic rings. The van der Waals surface area contributed by atoms with Crippen molar-refractivity contribution in [3.63, 3.8) is 0 Å². The third-order valence-electron chi connectivity index (χ3n) is 5.02. The molecule has 1 aromatic rings. The van der Waals surface area contributed by atoms with Crippen molar-refractivity contribution in [2.45, 2.75) is 31.8 Å². The van der Waals surface area contributed by atoms with Gasteiger partial charge in [-0.25, -0.2) is 0 Å². The lowest BCUT2D eigenvalue weighted by Crippen LogP contribution is -2.34. The quantitative estimate of drug-likeness (QED) is 0.664. The average Bonchev–Trinajstić information content (AvgIpc) is 3.20. The molecule has 144 valence electrons. The Bertz CT molecular complexity index is 722. The van der Waals surface area contributed by atoms with Crippen LogP contribution in [-0.2, 0) is 14.3 Å². The molecule has 0 saturated carbocycles. The fourth-order valence-electron chi connectivity index (χ4n) is 3.43. The van der Waals surface area contributed by atoms with Crippen LogP contribution in [0.2, 0.25) is 0 Å². The Kier molecular flexibility index (Phi) is 6.24. The summed E-state index contributed by atoms with van der Waals surface area (Å²) < 4.78 is 5.48. The minimum absolute atomic E-state index is 0.0826. The number of hydrogen-bond donors (Lipinski definition) is 3. The van der Waals surface area contributed by atoms with Crippen molar-refractivity contribution in [2.75, 3.05) is 18.5 Å². The van der Waals surface area contributed by atoms with Crippen molar-refractivity contribution in [1.82, 2.24) is 5.32 Å². The van der Waals surface area contributed by atoms with Gasteiger partial charge in [-0.05, 0) is 49.9 Å². The molecule has 1 aliphatic heterocycles. The summed E-state index contributed by atoms with van der Waals surface area (Å²) in [5.41, 5.74) is 1.03. The Morgan fingerprint density at radius 2 is 1.78 bits per heavy atom. The minimum atomic E-state index is -0.960. The van der Waals surface area contributed by atoms with Gasteiger partial charge in [0.2, 0.25) is 5.91 Å². The summed E-state index contributed by atoms with van der Waals surface area (Å²) in [6, 6.07) is 6.56. The minimum Gasteiger partial charge on any atom is -0.481 e. The van der Waals surface area contributed by atoms with Crippen molar-refractivity contribution in [3.8, 4) is 0 Å². The average molecular weight is 372 g/mol. The Morgan fingerprint density at radius 1 is 1.07 bits per heavy atom. The number of amides is 2. The summed E-state index contributed by atoms with van der Waals surface area (Å²) in [4.78, 5) is 36.0. The van der Waals surface area contributed by atoms with Gasteiger partial charge in [-0.15, -0.1) is 0 Å². The normalized spacial score (nSPS) is 24.4. The van der Waals surface area contributed by atoms with E-state index in [1.54, 1.807) is 30.3 Å². The predicted octanol–water partition coefficient (Wildman–Crippen LogP) is 2.20. The maximum Gasteiger partial charge on any atom is 0.307 e. The smallest absolute Gasteiger partial charge is 0.307 e. The molecule has 7 nitrogen and oxygen atoms in total. The Hall–Kier alpha value is -2.67. The van der Waals surface area contributed by atoms with Gasteiger partial charge in [0.05, 0.1) is 17.9 Å². The van der Waals surface area contributed by atoms with E-state index in [0.717, 1.165) is 19.4 Å². The van der Waals surface area contributed by atoms with Crippen LogP contribution < -0.4 is 10.6 Å². The highest BCUT2D eigenvalue weighted by atomic mass is 16.5. The molecular formula is C20H24N2O5. The predicted molar refractivity (Wildman–Crippen MR) is 99.4 cm³/mol. The van der Waals surface area contributed by atoms with E-state index in [1.807, 2.05) is 6.08 Å². The second-order valence-electron chi connectivity index (χ2n) is 6.91. The number of carbonyl (C=O) groups is 3. The number of carboxylic acid groups (broad SMARTS) is 1. The van der Waals surface area contributed by atoms with E-state index in [-0.39, 0.29) is 17.9 Å². The molecule has 1 heterocycles. The van der Waals surface area contributed by atoms with E-state index in [2.05, 4.69) is 10.6 Å². The molecule has 0 unspecified atom stereocenters. The molecule has 3 atom stereocenters. The van der Waals surface area contributed by atoms with E-state index < -0.39 is 17.8 Å². The van der Waals surface area contributed by atoms with Gasteiger partial charge in [-0.2, -0.15) is 0 Å². The molecule has 0 aromatic heterocycles. The first-order valence-corrected chi connectivity index (χ1v) is 9.23. The lowest BCUT2D eigenvalue weighted by molar-refractivity contribution is -0.146. The van der Waals surface area contributed by atoms with Crippen LogP contribution in [0.5, 0.6) is 0 Å². The highest BCUT2D eigenvalue weighted by molar-refractivity contribution is 5.97. The number of carbonyl (C=O) groups excluding carboxylic acids is 2. The SMILES string of the molecule is O=C(NC[C@@H]1CCCO1)c1ccc(NC(=O)[C@H]2CC=CC[C@@H]2C(=O)O)cc1. The number of anilines is 1. The number of benzene rings is 1. The first-order chi connectivity index (χ1) is 13.0. The summed E-state index contributed by atoms with van der Waals surface area (Å²) in [7, 11) is 0. The Morgan fingerprint density at radius 3 is 2.41 bits per heavy atom. The summed E-state index contributed by atoms with van der Waals surface area (Å²) in [6.45, 7) is 1.23. The molecule has 1 aliphatic carbocycles. The Balaban J connectivity index is 1.55. The number of allylic oxidation sites excluding steroid dienone is 2. The summed E-state index contributed by atoms with van der Waals surface area (Å²) in [5.74, 6) is -2.77. The summed E-state index contributed by atoms with van der Waals surface area (Å²) in [5, 5.41) is 14.9. The molecule has 1 saturated heterocycles. The number of rotatable bonds is 6. The first kappa shape index (κ1) is 19.1. The van der Waals surface area contributed by atoms with E-state index in [1.165, 1.54) is 0 Å². The molecule has 2 amide bonds. The standard InChI is InChI=1S/C20H24N2O5/c23-18(21-12-15-4-3-11-27-15)13-7-9-14(10-8-13)22-19(24)16-5-1-2-6-17(16)20(25)26/h1-2,7-10,15-17H,3-6,11-12H2,(H,21,23)(H,22,24)(H,25,26)/t15-,16-,17-/m0/s1. The molecule has 1 fully saturated rings. The molecule has 27 heavy (non-hydrogen) atoms. The molecule has 0 radical (unpaired) electrons. The van der Waals surface area contributed by atoms with Crippen LogP contribution >= 0.6 is 0 Å². The fourth-order valence-corrected chi connectivity index (χ4v) is 3.43. The third-order valence-corrected chi connectivity index (χ3v) is 5.02. The van der Waals surface area contributed by atoms with Gasteiger partial charge in [-0.1, -0.05) is 12.2 Å². The topological polar surface area (TPSA) is 105 Å². The zero-order chi connectivity index (χ0) is 19.2. The highest BCUT2D eigenvalue weighted by Gasteiger charge is 2.33. The van der Waals surface area contributed by atoms with Crippen molar-refractivity contribution in [2.24, 2.45) is 11.8 Å². The molecule has 7 heteroatoms. The number of aliphatic carboxylic acids is 1. The summed E-state index contributed by atoms with van der Waals surface area (Å²) in [6.07, 6.45) is 6.47. The van der Waals surface area contributed by atoms with Gasteiger partial charge >= 0.3 is 5.97 Å². The molecule has 1 aromatic carbocycles. The second kappa shape index (κ2) is 8.81. The fraction of sp³-hybridized carbons (Fsp3) is 0.450. The van der Waals surface area contributed by atoms with Gasteiger partial charge in [0.25, 0.3) is 5.91 Å². The van der Waals surface area contributed by atoms with Crippen LogP contribution in [0.15, 0.2) is 36.4 Å². The lowest BCUT2D eigenvalue weighted by atomic mass is 9.82. The summed E-state index contributed by atoms with van der Waals surface area (Å²) >= 11 is 0. The number of hydrogen-bond acceptors (Lipinski definition) is 4. The molecule has 3 N–H and O–H groups in total. The molecule has 0 spiro atoms. The first-order valence-electron chi connectivity index (χ1n) is 9.23. The maximum atomic E-state index is 12.4. The highest BCUT2D eigenvalue weighted by Crippen LogP contribution is 2.27. The van der Waals surface area contributed by atoms with Crippen molar-refractivity contribution in [3.05, 3.63) is 42.0 Å². The largest absolute Gasteiger partial charge is 0.481 e. The van der Waals surface area contributed by atoms with Crippen LogP contribution in [0.1, 0.15) is 36.0 Å². The van der Waals surface area contributed by atoms with Crippen LogP contribution in [-0.4, -0.2) is 42.1 Å². The van der Waals surface area contributed by atoms with Crippen molar-refractivity contribution < 1.29 is 24.2 Å².